The third-order valence-corrected chi connectivity index (χ3v) is 5.54. The molecule has 1 saturated heterocycles. The fraction of sp³-hybridized carbons (Fsp3) is 0.318. The molecule has 1 fully saturated rings. The Labute approximate surface area is 184 Å². The molecular weight excluding hydrogens is 450 g/mol. The molecular formula is C22H24BrN3O4. The van der Waals surface area contributed by atoms with Gasteiger partial charge in [-0.1, -0.05) is 40.2 Å². The molecule has 0 unspecified atom stereocenters. The number of urea groups is 1. The van der Waals surface area contributed by atoms with Crippen LogP contribution in [-0.2, 0) is 21.7 Å². The van der Waals surface area contributed by atoms with Crippen molar-refractivity contribution in [1.82, 2.24) is 15.1 Å². The lowest BCUT2D eigenvalue weighted by molar-refractivity contribution is -0.138. The highest BCUT2D eigenvalue weighted by molar-refractivity contribution is 9.10. The minimum atomic E-state index is -1.21. The monoisotopic (exact) mass is 473 g/mol. The largest absolute Gasteiger partial charge is 0.494 e. The van der Waals surface area contributed by atoms with E-state index < -0.39 is 17.5 Å². The fourth-order valence-electron chi connectivity index (χ4n) is 3.31. The Balaban J connectivity index is 1.67. The molecule has 2 aromatic rings. The van der Waals surface area contributed by atoms with Crippen LogP contribution >= 0.6 is 15.9 Å². The molecule has 1 heterocycles. The van der Waals surface area contributed by atoms with E-state index in [1.807, 2.05) is 37.3 Å². The van der Waals surface area contributed by atoms with Crippen LogP contribution < -0.4 is 10.1 Å². The lowest BCUT2D eigenvalue weighted by atomic mass is 9.92. The minimum Gasteiger partial charge on any atom is -0.494 e. The van der Waals surface area contributed by atoms with Crippen LogP contribution in [-0.4, -0.2) is 47.8 Å². The molecule has 7 nitrogen and oxygen atoms in total. The zero-order valence-corrected chi connectivity index (χ0v) is 18.7. The molecule has 3 rings (SSSR count). The number of carbonyl (C=O) groups is 3. The van der Waals surface area contributed by atoms with E-state index in [2.05, 4.69) is 21.2 Å². The van der Waals surface area contributed by atoms with Crippen LogP contribution in [0.15, 0.2) is 53.0 Å². The van der Waals surface area contributed by atoms with Gasteiger partial charge in [0.15, 0.2) is 0 Å². The lowest BCUT2D eigenvalue weighted by Gasteiger charge is -2.23. The summed E-state index contributed by atoms with van der Waals surface area (Å²) >= 11 is 3.38. The minimum absolute atomic E-state index is 0.318. The van der Waals surface area contributed by atoms with Gasteiger partial charge in [0.2, 0.25) is 5.91 Å². The first kappa shape index (κ1) is 21.8. The molecule has 0 aromatic heterocycles. The van der Waals surface area contributed by atoms with Crippen molar-refractivity contribution in [3.05, 3.63) is 64.1 Å². The maximum absolute atomic E-state index is 13.0. The van der Waals surface area contributed by atoms with Crippen molar-refractivity contribution in [1.29, 1.82) is 0 Å². The van der Waals surface area contributed by atoms with E-state index in [4.69, 9.17) is 4.74 Å². The highest BCUT2D eigenvalue weighted by atomic mass is 79.9. The number of carbonyl (C=O) groups excluding carboxylic acids is 3. The van der Waals surface area contributed by atoms with Crippen molar-refractivity contribution in [3.8, 4) is 5.75 Å². The number of benzene rings is 2. The highest BCUT2D eigenvalue weighted by Gasteiger charge is 2.49. The summed E-state index contributed by atoms with van der Waals surface area (Å²) in [7, 11) is 1.64. The molecule has 30 heavy (non-hydrogen) atoms. The van der Waals surface area contributed by atoms with Gasteiger partial charge in [0, 0.05) is 18.1 Å². The predicted octanol–water partition coefficient (Wildman–Crippen LogP) is 3.27. The number of hydrogen-bond donors (Lipinski definition) is 1. The van der Waals surface area contributed by atoms with Crippen LogP contribution in [0.2, 0.25) is 0 Å². The predicted molar refractivity (Wildman–Crippen MR) is 116 cm³/mol. The smallest absolute Gasteiger partial charge is 0.325 e. The van der Waals surface area contributed by atoms with Gasteiger partial charge in [-0.3, -0.25) is 14.5 Å². The normalized spacial score (nSPS) is 18.3. The number of likely N-dealkylation sites (N-methyl/N-ethyl adjacent to an activating group) is 1. The number of halogens is 1. The second-order valence-electron chi connectivity index (χ2n) is 7.28. The Morgan fingerprint density at radius 3 is 2.53 bits per heavy atom. The van der Waals surface area contributed by atoms with Gasteiger partial charge >= 0.3 is 6.03 Å². The quantitative estimate of drug-likeness (QED) is 0.625. The van der Waals surface area contributed by atoms with Crippen molar-refractivity contribution in [2.45, 2.75) is 25.9 Å². The van der Waals surface area contributed by atoms with E-state index in [-0.39, 0.29) is 12.5 Å². The van der Waals surface area contributed by atoms with Gasteiger partial charge in [-0.15, -0.1) is 0 Å². The third kappa shape index (κ3) is 4.48. The molecule has 1 aliphatic rings. The molecule has 1 aliphatic heterocycles. The van der Waals surface area contributed by atoms with E-state index >= 15 is 0 Å². The standard InChI is InChI=1S/C22H24BrN3O4/c1-4-30-18-10-8-15(9-11-18)13-25(3)19(27)14-26-20(28)22(2,24-21(26)29)16-6-5-7-17(23)12-16/h5-12H,4,13-14H2,1-3H3,(H,24,29)/t22-/m1/s1. The first-order valence-electron chi connectivity index (χ1n) is 9.60. The molecule has 0 radical (unpaired) electrons. The summed E-state index contributed by atoms with van der Waals surface area (Å²) in [6.07, 6.45) is 0. The zero-order chi connectivity index (χ0) is 21.9. The van der Waals surface area contributed by atoms with Crippen molar-refractivity contribution in [2.75, 3.05) is 20.2 Å². The number of nitrogens with one attached hydrogen (secondary N) is 1. The Morgan fingerprint density at radius 1 is 1.20 bits per heavy atom. The molecule has 0 aliphatic carbocycles. The molecule has 0 saturated carbocycles. The lowest BCUT2D eigenvalue weighted by Crippen LogP contribution is -2.43. The van der Waals surface area contributed by atoms with Crippen LogP contribution in [0.3, 0.4) is 0 Å². The van der Waals surface area contributed by atoms with Crippen molar-refractivity contribution in [2.24, 2.45) is 0 Å². The molecule has 1 N–H and O–H groups in total. The van der Waals surface area contributed by atoms with E-state index in [0.29, 0.717) is 18.7 Å². The van der Waals surface area contributed by atoms with Crippen molar-refractivity contribution >= 4 is 33.8 Å². The molecule has 2 aromatic carbocycles. The van der Waals surface area contributed by atoms with Crippen molar-refractivity contribution < 1.29 is 19.1 Å². The average molecular weight is 474 g/mol. The summed E-state index contributed by atoms with van der Waals surface area (Å²) < 4.78 is 6.22. The van der Waals surface area contributed by atoms with Gasteiger partial charge in [0.05, 0.1) is 6.61 Å². The van der Waals surface area contributed by atoms with Crippen LogP contribution in [0.1, 0.15) is 25.0 Å². The Hall–Kier alpha value is -2.87. The van der Waals surface area contributed by atoms with Crippen LogP contribution in [0.5, 0.6) is 5.75 Å². The summed E-state index contributed by atoms with van der Waals surface area (Å²) in [4.78, 5) is 40.6. The van der Waals surface area contributed by atoms with E-state index in [1.54, 1.807) is 32.2 Å². The topological polar surface area (TPSA) is 79.0 Å². The molecule has 0 spiro atoms. The first-order valence-corrected chi connectivity index (χ1v) is 10.4. The SMILES string of the molecule is CCOc1ccc(CN(C)C(=O)CN2C(=O)N[C@](C)(c3cccc(Br)c3)C2=O)cc1. The molecule has 4 amide bonds. The molecule has 8 heteroatoms. The zero-order valence-electron chi connectivity index (χ0n) is 17.1. The number of nitrogens with zero attached hydrogens (tertiary/aromatic N) is 2. The number of hydrogen-bond acceptors (Lipinski definition) is 4. The summed E-state index contributed by atoms with van der Waals surface area (Å²) in [5.41, 5.74) is 0.354. The summed E-state index contributed by atoms with van der Waals surface area (Å²) in [5.74, 6) is -0.0132. The van der Waals surface area contributed by atoms with Crippen molar-refractivity contribution in [3.63, 3.8) is 0 Å². The molecule has 158 valence electrons. The fourth-order valence-corrected chi connectivity index (χ4v) is 3.71. The second kappa shape index (κ2) is 8.87. The van der Waals surface area contributed by atoms with Gasteiger partial charge in [-0.05, 0) is 49.2 Å². The van der Waals surface area contributed by atoms with Gasteiger partial charge < -0.3 is 15.0 Å². The van der Waals surface area contributed by atoms with Crippen LogP contribution in [0, 0.1) is 0 Å². The summed E-state index contributed by atoms with van der Waals surface area (Å²) in [5, 5.41) is 2.72. The number of rotatable bonds is 7. The number of ether oxygens (including phenoxy) is 1. The van der Waals surface area contributed by atoms with Crippen LogP contribution in [0.25, 0.3) is 0 Å². The van der Waals surface area contributed by atoms with Crippen LogP contribution in [0.4, 0.5) is 4.79 Å². The van der Waals surface area contributed by atoms with Gasteiger partial charge in [0.25, 0.3) is 5.91 Å². The maximum atomic E-state index is 13.0. The third-order valence-electron chi connectivity index (χ3n) is 5.05. The Bertz CT molecular complexity index is 963. The van der Waals surface area contributed by atoms with Gasteiger partial charge in [-0.2, -0.15) is 0 Å². The Kier molecular flexibility index (Phi) is 6.45. The van der Waals surface area contributed by atoms with E-state index in [0.717, 1.165) is 20.7 Å². The Morgan fingerprint density at radius 2 is 1.90 bits per heavy atom. The van der Waals surface area contributed by atoms with E-state index in [1.165, 1.54) is 4.90 Å². The average Bonchev–Trinajstić information content (AvgIpc) is 2.93. The van der Waals surface area contributed by atoms with E-state index in [9.17, 15) is 14.4 Å². The summed E-state index contributed by atoms with van der Waals surface area (Å²) in [6, 6.07) is 14.1. The second-order valence-corrected chi connectivity index (χ2v) is 8.20. The molecule has 1 atom stereocenters. The number of amides is 4. The maximum Gasteiger partial charge on any atom is 0.325 e. The summed E-state index contributed by atoms with van der Waals surface area (Å²) in [6.45, 7) is 4.18. The number of imide groups is 1. The van der Waals surface area contributed by atoms with Gasteiger partial charge in [-0.25, -0.2) is 4.79 Å². The highest BCUT2D eigenvalue weighted by Crippen LogP contribution is 2.30. The molecule has 0 bridgehead atoms. The van der Waals surface area contributed by atoms with Gasteiger partial charge in [0.1, 0.15) is 17.8 Å². The first-order chi connectivity index (χ1) is 14.2.